The van der Waals surface area contributed by atoms with E-state index in [1.165, 1.54) is 0 Å². The van der Waals surface area contributed by atoms with Crippen molar-refractivity contribution < 1.29 is 4.74 Å². The van der Waals surface area contributed by atoms with Crippen molar-refractivity contribution in [3.63, 3.8) is 0 Å². The van der Waals surface area contributed by atoms with E-state index in [-0.39, 0.29) is 24.8 Å². The molecule has 122 valence electrons. The van der Waals surface area contributed by atoms with Crippen LogP contribution < -0.4 is 4.74 Å². The lowest BCUT2D eigenvalue weighted by atomic mass is 10.1. The number of aryl methyl sites for hydroxylation is 1. The molecule has 2 aromatic heterocycles. The molecule has 0 atom stereocenters. The second-order valence-corrected chi connectivity index (χ2v) is 4.73. The highest BCUT2D eigenvalue weighted by Crippen LogP contribution is 2.27. The van der Waals surface area contributed by atoms with Crippen LogP contribution in [0.1, 0.15) is 12.6 Å². The molecule has 0 spiro atoms. The number of aromatic amines is 1. The van der Waals surface area contributed by atoms with Gasteiger partial charge in [-0.1, -0.05) is 6.92 Å². The summed E-state index contributed by atoms with van der Waals surface area (Å²) in [6.07, 6.45) is 4.48. The van der Waals surface area contributed by atoms with E-state index in [1.807, 2.05) is 36.4 Å². The van der Waals surface area contributed by atoms with Gasteiger partial charge in [0.2, 0.25) is 0 Å². The van der Waals surface area contributed by atoms with Crippen molar-refractivity contribution in [1.29, 1.82) is 0 Å². The molecular formula is C17H19Cl2N3O. The quantitative estimate of drug-likeness (QED) is 0.749. The molecule has 0 bridgehead atoms. The summed E-state index contributed by atoms with van der Waals surface area (Å²) in [5.74, 6) is 1.72. The molecule has 6 heteroatoms. The number of benzene rings is 1. The molecule has 0 fully saturated rings. The first-order chi connectivity index (χ1) is 10.3. The van der Waals surface area contributed by atoms with E-state index in [2.05, 4.69) is 16.9 Å². The minimum atomic E-state index is 0. The van der Waals surface area contributed by atoms with Gasteiger partial charge in [0.1, 0.15) is 11.6 Å². The normalized spacial score (nSPS) is 9.65. The van der Waals surface area contributed by atoms with Crippen LogP contribution in [0.25, 0.3) is 22.6 Å². The number of hydrogen-bond donors (Lipinski definition) is 1. The number of aromatic nitrogens is 3. The summed E-state index contributed by atoms with van der Waals surface area (Å²) in [5.41, 5.74) is 4.25. The number of halogens is 2. The fourth-order valence-corrected chi connectivity index (χ4v) is 2.30. The van der Waals surface area contributed by atoms with Crippen molar-refractivity contribution in [2.75, 3.05) is 7.11 Å². The maximum absolute atomic E-state index is 5.19. The summed E-state index contributed by atoms with van der Waals surface area (Å²) in [4.78, 5) is 12.2. The first kappa shape index (κ1) is 19.0. The summed E-state index contributed by atoms with van der Waals surface area (Å²) in [5, 5.41) is 0. The SMILES string of the molecule is CCc1[nH]c(-c2ccc(OC)cc2)nc1-c1ccncc1.Cl.Cl. The number of rotatable bonds is 4. The number of H-pyrrole nitrogens is 1. The van der Waals surface area contributed by atoms with Crippen molar-refractivity contribution in [1.82, 2.24) is 15.0 Å². The first-order valence-corrected chi connectivity index (χ1v) is 6.95. The maximum atomic E-state index is 5.19. The monoisotopic (exact) mass is 351 g/mol. The van der Waals surface area contributed by atoms with Gasteiger partial charge in [-0.15, -0.1) is 24.8 Å². The molecule has 0 saturated carbocycles. The van der Waals surface area contributed by atoms with Crippen molar-refractivity contribution in [3.05, 3.63) is 54.5 Å². The number of pyridine rings is 1. The third-order valence-electron chi connectivity index (χ3n) is 3.45. The summed E-state index contributed by atoms with van der Waals surface area (Å²) in [6.45, 7) is 2.12. The zero-order valence-electron chi connectivity index (χ0n) is 12.9. The van der Waals surface area contributed by atoms with Crippen LogP contribution in [0.4, 0.5) is 0 Å². The summed E-state index contributed by atoms with van der Waals surface area (Å²) >= 11 is 0. The molecule has 0 aliphatic carbocycles. The topological polar surface area (TPSA) is 50.8 Å². The zero-order valence-corrected chi connectivity index (χ0v) is 14.6. The molecule has 2 heterocycles. The van der Waals surface area contributed by atoms with Crippen LogP contribution in [0.15, 0.2) is 48.8 Å². The van der Waals surface area contributed by atoms with Crippen molar-refractivity contribution in [2.24, 2.45) is 0 Å². The molecule has 1 N–H and O–H groups in total. The lowest BCUT2D eigenvalue weighted by Gasteiger charge is -2.00. The highest BCUT2D eigenvalue weighted by Gasteiger charge is 2.12. The summed E-state index contributed by atoms with van der Waals surface area (Å²) in [6, 6.07) is 11.9. The van der Waals surface area contributed by atoms with E-state index in [0.29, 0.717) is 0 Å². The molecule has 0 aliphatic rings. The molecule has 0 aliphatic heterocycles. The van der Waals surface area contributed by atoms with Gasteiger partial charge in [0.05, 0.1) is 12.8 Å². The van der Waals surface area contributed by atoms with E-state index in [4.69, 9.17) is 9.72 Å². The minimum absolute atomic E-state index is 0. The Bertz CT molecular complexity index is 727. The Hall–Kier alpha value is -2.04. The fourth-order valence-electron chi connectivity index (χ4n) is 2.30. The van der Waals surface area contributed by atoms with Crippen LogP contribution in [0.3, 0.4) is 0 Å². The number of imidazole rings is 1. The van der Waals surface area contributed by atoms with Crippen molar-refractivity contribution in [2.45, 2.75) is 13.3 Å². The van der Waals surface area contributed by atoms with E-state index in [1.54, 1.807) is 19.5 Å². The van der Waals surface area contributed by atoms with Crippen molar-refractivity contribution >= 4 is 24.8 Å². The van der Waals surface area contributed by atoms with Crippen LogP contribution in [0, 0.1) is 0 Å². The van der Waals surface area contributed by atoms with E-state index in [0.717, 1.165) is 40.5 Å². The molecule has 0 saturated heterocycles. The Kier molecular flexibility index (Phi) is 7.07. The van der Waals surface area contributed by atoms with E-state index in [9.17, 15) is 0 Å². The van der Waals surface area contributed by atoms with Crippen LogP contribution in [-0.4, -0.2) is 22.1 Å². The van der Waals surface area contributed by atoms with Crippen LogP contribution in [0.2, 0.25) is 0 Å². The molecular weight excluding hydrogens is 333 g/mol. The number of nitrogens with one attached hydrogen (secondary N) is 1. The van der Waals surface area contributed by atoms with Gasteiger partial charge >= 0.3 is 0 Å². The summed E-state index contributed by atoms with van der Waals surface area (Å²) in [7, 11) is 1.67. The predicted octanol–water partition coefficient (Wildman–Crippen LogP) is 4.55. The Labute approximate surface area is 148 Å². The number of nitrogens with zero attached hydrogens (tertiary/aromatic N) is 2. The first-order valence-electron chi connectivity index (χ1n) is 6.95. The van der Waals surface area contributed by atoms with Gasteiger partial charge < -0.3 is 9.72 Å². The Morgan fingerprint density at radius 1 is 0.957 bits per heavy atom. The van der Waals surface area contributed by atoms with Gasteiger partial charge in [-0.25, -0.2) is 4.98 Å². The second kappa shape index (κ2) is 8.56. The maximum Gasteiger partial charge on any atom is 0.138 e. The standard InChI is InChI=1S/C17H17N3O.2ClH/c1-3-15-16(12-8-10-18-11-9-12)20-17(19-15)13-4-6-14(21-2)7-5-13;;/h4-11H,3H2,1-2H3,(H,19,20);2*1H. The van der Waals surface area contributed by atoms with Gasteiger partial charge in [0.15, 0.2) is 0 Å². The Balaban J connectivity index is 0.00000132. The lowest BCUT2D eigenvalue weighted by molar-refractivity contribution is 0.415. The second-order valence-electron chi connectivity index (χ2n) is 4.73. The number of ether oxygens (including phenoxy) is 1. The smallest absolute Gasteiger partial charge is 0.138 e. The third-order valence-corrected chi connectivity index (χ3v) is 3.45. The number of methoxy groups -OCH3 is 1. The van der Waals surface area contributed by atoms with Crippen LogP contribution in [-0.2, 0) is 6.42 Å². The van der Waals surface area contributed by atoms with Gasteiger partial charge in [-0.05, 0) is 42.8 Å². The third kappa shape index (κ3) is 4.03. The van der Waals surface area contributed by atoms with Gasteiger partial charge in [-0.2, -0.15) is 0 Å². The average molecular weight is 352 g/mol. The van der Waals surface area contributed by atoms with E-state index < -0.39 is 0 Å². The highest BCUT2D eigenvalue weighted by molar-refractivity contribution is 5.85. The minimum Gasteiger partial charge on any atom is -0.497 e. The molecule has 1 aromatic carbocycles. The largest absolute Gasteiger partial charge is 0.497 e. The van der Waals surface area contributed by atoms with Gasteiger partial charge in [-0.3, -0.25) is 4.98 Å². The zero-order chi connectivity index (χ0) is 14.7. The van der Waals surface area contributed by atoms with Crippen molar-refractivity contribution in [3.8, 4) is 28.4 Å². The molecule has 3 rings (SSSR count). The molecule has 0 radical (unpaired) electrons. The predicted molar refractivity (Wildman–Crippen MR) is 97.7 cm³/mol. The van der Waals surface area contributed by atoms with Crippen LogP contribution >= 0.6 is 24.8 Å². The molecule has 0 unspecified atom stereocenters. The molecule has 0 amide bonds. The highest BCUT2D eigenvalue weighted by atomic mass is 35.5. The Morgan fingerprint density at radius 3 is 2.17 bits per heavy atom. The average Bonchev–Trinajstić information content (AvgIpc) is 3.00. The lowest BCUT2D eigenvalue weighted by Crippen LogP contribution is -1.85. The summed E-state index contributed by atoms with van der Waals surface area (Å²) < 4.78 is 5.19. The molecule has 3 aromatic rings. The van der Waals surface area contributed by atoms with E-state index >= 15 is 0 Å². The molecule has 23 heavy (non-hydrogen) atoms. The molecule has 4 nitrogen and oxygen atoms in total. The van der Waals surface area contributed by atoms with Gasteiger partial charge in [0.25, 0.3) is 0 Å². The fraction of sp³-hybridized carbons (Fsp3) is 0.176. The Morgan fingerprint density at radius 2 is 1.61 bits per heavy atom. The number of hydrogen-bond acceptors (Lipinski definition) is 3. The van der Waals surface area contributed by atoms with Crippen LogP contribution in [0.5, 0.6) is 5.75 Å². The van der Waals surface area contributed by atoms with Gasteiger partial charge in [0, 0.05) is 29.2 Å².